The largest absolute Gasteiger partial charge is 0.493 e. The Kier molecular flexibility index (Phi) is 5.22. The minimum absolute atomic E-state index is 0.0648. The molecular formula is C14H19BrN4O2. The van der Waals surface area contributed by atoms with Gasteiger partial charge in [-0.05, 0) is 40.0 Å². The van der Waals surface area contributed by atoms with Gasteiger partial charge in [-0.1, -0.05) is 6.07 Å². The van der Waals surface area contributed by atoms with Gasteiger partial charge in [-0.2, -0.15) is 5.10 Å². The Labute approximate surface area is 132 Å². The fourth-order valence-corrected chi connectivity index (χ4v) is 2.91. The van der Waals surface area contributed by atoms with Crippen LogP contribution in [0.25, 0.3) is 0 Å². The quantitative estimate of drug-likeness (QED) is 0.612. The summed E-state index contributed by atoms with van der Waals surface area (Å²) in [6.07, 6.45) is 2.46. The zero-order chi connectivity index (χ0) is 15.4. The molecule has 1 heterocycles. The van der Waals surface area contributed by atoms with Crippen LogP contribution in [0, 0.1) is 0 Å². The van der Waals surface area contributed by atoms with E-state index in [0.29, 0.717) is 17.9 Å². The second-order valence-electron chi connectivity index (χ2n) is 4.61. The van der Waals surface area contributed by atoms with E-state index in [2.05, 4.69) is 26.5 Å². The van der Waals surface area contributed by atoms with E-state index in [1.54, 1.807) is 25.1 Å². The van der Waals surface area contributed by atoms with Crippen molar-refractivity contribution < 1.29 is 9.47 Å². The molecule has 1 atom stereocenters. The summed E-state index contributed by atoms with van der Waals surface area (Å²) >= 11 is 3.50. The Morgan fingerprint density at radius 2 is 2.05 bits per heavy atom. The SMILES string of the molecule is COc1ccc(CC(NN)c2c(Br)cnn2C)cc1OC. The van der Waals surface area contributed by atoms with Crippen molar-refractivity contribution >= 4 is 15.9 Å². The Bertz CT molecular complexity index is 596. The van der Waals surface area contributed by atoms with E-state index in [0.717, 1.165) is 15.7 Å². The second-order valence-corrected chi connectivity index (χ2v) is 5.47. The maximum absolute atomic E-state index is 5.71. The first-order valence-electron chi connectivity index (χ1n) is 6.45. The van der Waals surface area contributed by atoms with Crippen molar-refractivity contribution in [2.75, 3.05) is 14.2 Å². The van der Waals surface area contributed by atoms with Gasteiger partial charge in [-0.15, -0.1) is 0 Å². The van der Waals surface area contributed by atoms with Crippen LogP contribution in [0.2, 0.25) is 0 Å². The third-order valence-corrected chi connectivity index (χ3v) is 3.97. The van der Waals surface area contributed by atoms with Crippen LogP contribution in [0.5, 0.6) is 11.5 Å². The van der Waals surface area contributed by atoms with Crippen LogP contribution < -0.4 is 20.7 Å². The van der Waals surface area contributed by atoms with Crippen LogP contribution >= 0.6 is 15.9 Å². The summed E-state index contributed by atoms with van der Waals surface area (Å²) in [5, 5.41) is 4.22. The molecular weight excluding hydrogens is 336 g/mol. The van der Waals surface area contributed by atoms with Crippen LogP contribution in [-0.4, -0.2) is 24.0 Å². The molecule has 0 bridgehead atoms. The summed E-state index contributed by atoms with van der Waals surface area (Å²) in [7, 11) is 5.13. The van der Waals surface area contributed by atoms with Gasteiger partial charge in [0.05, 0.1) is 36.6 Å². The molecule has 1 unspecified atom stereocenters. The van der Waals surface area contributed by atoms with Crippen LogP contribution in [0.4, 0.5) is 0 Å². The Balaban J connectivity index is 2.27. The zero-order valence-electron chi connectivity index (χ0n) is 12.3. The number of hydrazine groups is 1. The molecule has 0 aliphatic rings. The smallest absolute Gasteiger partial charge is 0.160 e. The summed E-state index contributed by atoms with van der Waals surface area (Å²) in [6.45, 7) is 0. The lowest BCUT2D eigenvalue weighted by molar-refractivity contribution is 0.354. The molecule has 0 aliphatic heterocycles. The van der Waals surface area contributed by atoms with Crippen LogP contribution in [0.3, 0.4) is 0 Å². The standard InChI is InChI=1S/C14H19BrN4O2/c1-19-14(10(15)8-17-19)11(18-16)6-9-4-5-12(20-2)13(7-9)21-3/h4-5,7-8,11,18H,6,16H2,1-3H3. The highest BCUT2D eigenvalue weighted by molar-refractivity contribution is 9.10. The van der Waals surface area contributed by atoms with Gasteiger partial charge in [0.25, 0.3) is 0 Å². The molecule has 0 saturated carbocycles. The normalized spacial score (nSPS) is 12.2. The van der Waals surface area contributed by atoms with Crippen LogP contribution in [-0.2, 0) is 13.5 Å². The minimum Gasteiger partial charge on any atom is -0.493 e. The molecule has 0 spiro atoms. The highest BCUT2D eigenvalue weighted by Gasteiger charge is 2.19. The van der Waals surface area contributed by atoms with Crippen molar-refractivity contribution in [1.29, 1.82) is 0 Å². The van der Waals surface area contributed by atoms with Gasteiger partial charge >= 0.3 is 0 Å². The maximum atomic E-state index is 5.71. The summed E-state index contributed by atoms with van der Waals surface area (Å²) in [5.74, 6) is 7.12. The number of hydrogen-bond acceptors (Lipinski definition) is 5. The van der Waals surface area contributed by atoms with Gasteiger partial charge in [-0.25, -0.2) is 0 Å². The van der Waals surface area contributed by atoms with Crippen LogP contribution in [0.1, 0.15) is 17.3 Å². The number of methoxy groups -OCH3 is 2. The molecule has 7 heteroatoms. The second kappa shape index (κ2) is 6.93. The number of aryl methyl sites for hydroxylation is 1. The molecule has 0 saturated heterocycles. The number of hydrogen-bond donors (Lipinski definition) is 2. The molecule has 1 aromatic carbocycles. The minimum atomic E-state index is -0.0648. The highest BCUT2D eigenvalue weighted by atomic mass is 79.9. The van der Waals surface area contributed by atoms with E-state index in [1.165, 1.54) is 0 Å². The van der Waals surface area contributed by atoms with Crippen molar-refractivity contribution in [2.24, 2.45) is 12.9 Å². The number of rotatable bonds is 6. The topological polar surface area (TPSA) is 74.3 Å². The summed E-state index contributed by atoms with van der Waals surface area (Å²) in [6, 6.07) is 5.77. The molecule has 1 aromatic heterocycles. The number of benzene rings is 1. The van der Waals surface area contributed by atoms with Crippen molar-refractivity contribution in [2.45, 2.75) is 12.5 Å². The molecule has 2 aromatic rings. The average Bonchev–Trinajstić information content (AvgIpc) is 2.83. The summed E-state index contributed by atoms with van der Waals surface area (Å²) < 4.78 is 13.3. The van der Waals surface area contributed by atoms with E-state index in [1.807, 2.05) is 25.2 Å². The maximum Gasteiger partial charge on any atom is 0.160 e. The molecule has 0 radical (unpaired) electrons. The third-order valence-electron chi connectivity index (χ3n) is 3.36. The Morgan fingerprint density at radius 1 is 1.33 bits per heavy atom. The average molecular weight is 355 g/mol. The Hall–Kier alpha value is -1.57. The molecule has 6 nitrogen and oxygen atoms in total. The lowest BCUT2D eigenvalue weighted by atomic mass is 10.0. The van der Waals surface area contributed by atoms with Gasteiger partial charge in [0.15, 0.2) is 11.5 Å². The lowest BCUT2D eigenvalue weighted by Crippen LogP contribution is -2.31. The van der Waals surface area contributed by atoms with Crippen molar-refractivity contribution in [3.05, 3.63) is 40.1 Å². The highest BCUT2D eigenvalue weighted by Crippen LogP contribution is 2.30. The van der Waals surface area contributed by atoms with Gasteiger partial charge < -0.3 is 9.47 Å². The summed E-state index contributed by atoms with van der Waals surface area (Å²) in [4.78, 5) is 0. The third kappa shape index (κ3) is 3.37. The van der Waals surface area contributed by atoms with Crippen LogP contribution in [0.15, 0.2) is 28.9 Å². The zero-order valence-corrected chi connectivity index (χ0v) is 13.8. The first kappa shape index (κ1) is 15.8. The fraction of sp³-hybridized carbons (Fsp3) is 0.357. The van der Waals surface area contributed by atoms with Gasteiger partial charge in [0.1, 0.15) is 0 Å². The molecule has 3 N–H and O–H groups in total. The fourth-order valence-electron chi connectivity index (χ4n) is 2.29. The van der Waals surface area contributed by atoms with E-state index in [4.69, 9.17) is 15.3 Å². The molecule has 0 fully saturated rings. The number of nitrogens with one attached hydrogen (secondary N) is 1. The predicted molar refractivity (Wildman–Crippen MR) is 84.2 cm³/mol. The first-order valence-corrected chi connectivity index (χ1v) is 7.24. The molecule has 2 rings (SSSR count). The van der Waals surface area contributed by atoms with Gasteiger partial charge in [-0.3, -0.25) is 16.0 Å². The number of ether oxygens (including phenoxy) is 2. The van der Waals surface area contributed by atoms with Crippen molar-refractivity contribution in [1.82, 2.24) is 15.2 Å². The van der Waals surface area contributed by atoms with Crippen molar-refractivity contribution in [3.63, 3.8) is 0 Å². The lowest BCUT2D eigenvalue weighted by Gasteiger charge is -2.18. The van der Waals surface area contributed by atoms with Crippen molar-refractivity contribution in [3.8, 4) is 11.5 Å². The number of halogens is 1. The van der Waals surface area contributed by atoms with E-state index in [9.17, 15) is 0 Å². The number of nitrogens with two attached hydrogens (primary N) is 1. The Morgan fingerprint density at radius 3 is 2.57 bits per heavy atom. The van der Waals surface area contributed by atoms with Gasteiger partial charge in [0.2, 0.25) is 0 Å². The van der Waals surface area contributed by atoms with Gasteiger partial charge in [0, 0.05) is 7.05 Å². The molecule has 114 valence electrons. The molecule has 21 heavy (non-hydrogen) atoms. The molecule has 0 aliphatic carbocycles. The van der Waals surface area contributed by atoms with E-state index < -0.39 is 0 Å². The number of nitrogens with zero attached hydrogens (tertiary/aromatic N) is 2. The van der Waals surface area contributed by atoms with E-state index >= 15 is 0 Å². The number of aromatic nitrogens is 2. The van der Waals surface area contributed by atoms with E-state index in [-0.39, 0.29) is 6.04 Å². The summed E-state index contributed by atoms with van der Waals surface area (Å²) in [5.41, 5.74) is 4.92. The first-order chi connectivity index (χ1) is 10.1. The molecule has 0 amide bonds. The predicted octanol–water partition coefficient (Wildman–Crippen LogP) is 1.95. The monoisotopic (exact) mass is 354 g/mol.